The molecule has 0 aliphatic heterocycles. The van der Waals surface area contributed by atoms with Crippen molar-refractivity contribution in [2.45, 2.75) is 12.5 Å². The van der Waals surface area contributed by atoms with Gasteiger partial charge in [-0.2, -0.15) is 0 Å². The van der Waals surface area contributed by atoms with Crippen LogP contribution >= 0.6 is 0 Å². The standard InChI is InChI=1S/C18H19N3/c19-17-11-4-3-10-16(17)18(21-20)12-14-8-5-7-13-6-1-2-9-15(13)14/h1-11,18,21H,12,19-20H2. The molecule has 21 heavy (non-hydrogen) atoms. The van der Waals surface area contributed by atoms with E-state index in [9.17, 15) is 0 Å². The second kappa shape index (κ2) is 5.95. The number of rotatable bonds is 4. The minimum absolute atomic E-state index is 0.00277. The van der Waals surface area contributed by atoms with Gasteiger partial charge in [-0.3, -0.25) is 11.3 Å². The first-order valence-electron chi connectivity index (χ1n) is 7.07. The zero-order valence-electron chi connectivity index (χ0n) is 11.8. The summed E-state index contributed by atoms with van der Waals surface area (Å²) in [5, 5.41) is 2.50. The fourth-order valence-corrected chi connectivity index (χ4v) is 2.78. The normalized spacial score (nSPS) is 12.4. The smallest absolute Gasteiger partial charge is 0.0520 e. The molecule has 0 spiro atoms. The molecule has 0 aromatic heterocycles. The maximum absolute atomic E-state index is 6.07. The van der Waals surface area contributed by atoms with E-state index in [0.29, 0.717) is 0 Å². The number of hydrogen-bond acceptors (Lipinski definition) is 3. The Labute approximate surface area is 124 Å². The van der Waals surface area contributed by atoms with Crippen LogP contribution in [0.3, 0.4) is 0 Å². The molecule has 0 aliphatic rings. The minimum Gasteiger partial charge on any atom is -0.398 e. The monoisotopic (exact) mass is 277 g/mol. The third-order valence-corrected chi connectivity index (χ3v) is 3.88. The van der Waals surface area contributed by atoms with Gasteiger partial charge in [-0.25, -0.2) is 0 Å². The lowest BCUT2D eigenvalue weighted by Gasteiger charge is -2.19. The van der Waals surface area contributed by atoms with E-state index in [1.165, 1.54) is 16.3 Å². The first kappa shape index (κ1) is 13.6. The van der Waals surface area contributed by atoms with E-state index in [0.717, 1.165) is 17.7 Å². The quantitative estimate of drug-likeness (QED) is 0.390. The molecule has 3 aromatic carbocycles. The Kier molecular flexibility index (Phi) is 3.86. The predicted molar refractivity (Wildman–Crippen MR) is 88.6 cm³/mol. The van der Waals surface area contributed by atoms with E-state index in [1.54, 1.807) is 0 Å². The molecule has 0 amide bonds. The molecule has 5 N–H and O–H groups in total. The van der Waals surface area contributed by atoms with Gasteiger partial charge in [0.2, 0.25) is 0 Å². The van der Waals surface area contributed by atoms with Crippen LogP contribution in [0.4, 0.5) is 5.69 Å². The summed E-state index contributed by atoms with van der Waals surface area (Å²) < 4.78 is 0. The summed E-state index contributed by atoms with van der Waals surface area (Å²) in [6, 6.07) is 22.6. The van der Waals surface area contributed by atoms with E-state index < -0.39 is 0 Å². The highest BCUT2D eigenvalue weighted by Gasteiger charge is 2.14. The first-order valence-corrected chi connectivity index (χ1v) is 7.07. The van der Waals surface area contributed by atoms with Crippen molar-refractivity contribution >= 4 is 16.5 Å². The number of hydrazine groups is 1. The molecule has 1 atom stereocenters. The number of hydrogen-bond donors (Lipinski definition) is 3. The van der Waals surface area contributed by atoms with Crippen LogP contribution in [0.25, 0.3) is 10.8 Å². The lowest BCUT2D eigenvalue weighted by atomic mass is 9.94. The van der Waals surface area contributed by atoms with Crippen molar-refractivity contribution in [1.29, 1.82) is 0 Å². The Morgan fingerprint density at radius 1 is 0.857 bits per heavy atom. The van der Waals surface area contributed by atoms with Gasteiger partial charge in [0.15, 0.2) is 0 Å². The van der Waals surface area contributed by atoms with Crippen LogP contribution in [0.2, 0.25) is 0 Å². The molecule has 0 bridgehead atoms. The van der Waals surface area contributed by atoms with Crippen molar-refractivity contribution < 1.29 is 0 Å². The summed E-state index contributed by atoms with van der Waals surface area (Å²) in [5.74, 6) is 5.76. The Morgan fingerprint density at radius 3 is 2.38 bits per heavy atom. The molecule has 0 aliphatic carbocycles. The molecular weight excluding hydrogens is 258 g/mol. The summed E-state index contributed by atoms with van der Waals surface area (Å²) >= 11 is 0. The number of benzene rings is 3. The molecule has 3 aromatic rings. The number of nitrogens with two attached hydrogens (primary N) is 2. The van der Waals surface area contributed by atoms with Gasteiger partial charge in [-0.15, -0.1) is 0 Å². The highest BCUT2D eigenvalue weighted by Crippen LogP contribution is 2.26. The Morgan fingerprint density at radius 2 is 1.57 bits per heavy atom. The molecule has 0 heterocycles. The van der Waals surface area contributed by atoms with Crippen LogP contribution in [-0.4, -0.2) is 0 Å². The van der Waals surface area contributed by atoms with Crippen molar-refractivity contribution in [1.82, 2.24) is 5.43 Å². The van der Waals surface area contributed by atoms with Gasteiger partial charge in [0, 0.05) is 5.69 Å². The SMILES string of the molecule is NNC(Cc1cccc2ccccc12)c1ccccc1N. The zero-order valence-corrected chi connectivity index (χ0v) is 11.8. The molecule has 0 radical (unpaired) electrons. The first-order chi connectivity index (χ1) is 10.3. The Balaban J connectivity index is 1.98. The second-order valence-electron chi connectivity index (χ2n) is 5.19. The van der Waals surface area contributed by atoms with Crippen LogP contribution in [-0.2, 0) is 6.42 Å². The molecule has 0 saturated carbocycles. The molecule has 1 unspecified atom stereocenters. The lowest BCUT2D eigenvalue weighted by molar-refractivity contribution is 0.555. The maximum Gasteiger partial charge on any atom is 0.0520 e. The van der Waals surface area contributed by atoms with E-state index in [1.807, 2.05) is 24.3 Å². The number of anilines is 1. The fraction of sp³-hybridized carbons (Fsp3) is 0.111. The number of para-hydroxylation sites is 1. The fourth-order valence-electron chi connectivity index (χ4n) is 2.78. The average Bonchev–Trinajstić information content (AvgIpc) is 2.53. The van der Waals surface area contributed by atoms with Gasteiger partial charge in [0.1, 0.15) is 0 Å². The molecular formula is C18H19N3. The number of fused-ring (bicyclic) bond motifs is 1. The van der Waals surface area contributed by atoms with Crippen LogP contribution in [0.1, 0.15) is 17.2 Å². The van der Waals surface area contributed by atoms with Crippen LogP contribution < -0.4 is 17.0 Å². The molecule has 3 nitrogen and oxygen atoms in total. The van der Waals surface area contributed by atoms with Crippen molar-refractivity contribution in [2.75, 3.05) is 5.73 Å². The summed E-state index contributed by atoms with van der Waals surface area (Å²) in [7, 11) is 0. The zero-order chi connectivity index (χ0) is 14.7. The number of nitrogens with one attached hydrogen (secondary N) is 1. The van der Waals surface area contributed by atoms with Gasteiger partial charge >= 0.3 is 0 Å². The molecule has 0 saturated heterocycles. The third kappa shape index (κ3) is 2.75. The largest absolute Gasteiger partial charge is 0.398 e. The van der Waals surface area contributed by atoms with E-state index in [4.69, 9.17) is 11.6 Å². The maximum atomic E-state index is 6.07. The topological polar surface area (TPSA) is 64.1 Å². The van der Waals surface area contributed by atoms with Crippen molar-refractivity contribution in [3.63, 3.8) is 0 Å². The molecule has 0 fully saturated rings. The summed E-state index contributed by atoms with van der Waals surface area (Å²) in [5.41, 5.74) is 12.0. The molecule has 106 valence electrons. The third-order valence-electron chi connectivity index (χ3n) is 3.88. The van der Waals surface area contributed by atoms with E-state index >= 15 is 0 Å². The summed E-state index contributed by atoms with van der Waals surface area (Å²) in [6.45, 7) is 0. The van der Waals surface area contributed by atoms with Crippen LogP contribution in [0, 0.1) is 0 Å². The van der Waals surface area contributed by atoms with Crippen LogP contribution in [0.15, 0.2) is 66.7 Å². The average molecular weight is 277 g/mol. The van der Waals surface area contributed by atoms with E-state index in [2.05, 4.69) is 47.9 Å². The van der Waals surface area contributed by atoms with Gasteiger partial charge < -0.3 is 5.73 Å². The predicted octanol–water partition coefficient (Wildman–Crippen LogP) is 3.17. The highest BCUT2D eigenvalue weighted by atomic mass is 15.2. The van der Waals surface area contributed by atoms with Gasteiger partial charge in [-0.1, -0.05) is 60.7 Å². The molecule has 3 heteroatoms. The van der Waals surface area contributed by atoms with Gasteiger partial charge in [0.05, 0.1) is 6.04 Å². The van der Waals surface area contributed by atoms with Crippen molar-refractivity contribution in [2.24, 2.45) is 5.84 Å². The summed E-state index contributed by atoms with van der Waals surface area (Å²) in [6.07, 6.45) is 0.798. The summed E-state index contributed by atoms with van der Waals surface area (Å²) in [4.78, 5) is 0. The second-order valence-corrected chi connectivity index (χ2v) is 5.19. The van der Waals surface area contributed by atoms with Crippen molar-refractivity contribution in [3.05, 3.63) is 77.9 Å². The van der Waals surface area contributed by atoms with Gasteiger partial charge in [0.25, 0.3) is 0 Å². The Hall–Kier alpha value is -2.36. The minimum atomic E-state index is -0.00277. The van der Waals surface area contributed by atoms with Crippen molar-refractivity contribution in [3.8, 4) is 0 Å². The molecule has 3 rings (SSSR count). The Bertz CT molecular complexity index is 747. The van der Waals surface area contributed by atoms with E-state index in [-0.39, 0.29) is 6.04 Å². The number of nitrogen functional groups attached to an aromatic ring is 1. The van der Waals surface area contributed by atoms with Crippen LogP contribution in [0.5, 0.6) is 0 Å². The van der Waals surface area contributed by atoms with Gasteiger partial charge in [-0.05, 0) is 34.4 Å². The highest BCUT2D eigenvalue weighted by molar-refractivity contribution is 5.85. The lowest BCUT2D eigenvalue weighted by Crippen LogP contribution is -2.30.